The summed E-state index contributed by atoms with van der Waals surface area (Å²) in [6.45, 7) is 2.17. The van der Waals surface area contributed by atoms with Gasteiger partial charge in [0.15, 0.2) is 0 Å². The van der Waals surface area contributed by atoms with Gasteiger partial charge in [0.2, 0.25) is 0 Å². The van der Waals surface area contributed by atoms with Crippen LogP contribution in [-0.2, 0) is 4.74 Å². The van der Waals surface area contributed by atoms with Gasteiger partial charge in [0.05, 0.1) is 12.7 Å². The number of hydrogen-bond donors (Lipinski definition) is 1. The molecule has 0 bridgehead atoms. The minimum absolute atomic E-state index is 0.0345. The van der Waals surface area contributed by atoms with Crippen molar-refractivity contribution in [3.63, 3.8) is 0 Å². The van der Waals surface area contributed by atoms with Crippen LogP contribution in [0, 0.1) is 11.6 Å². The highest BCUT2D eigenvalue weighted by atomic mass is 19.1. The molecule has 1 aliphatic rings. The van der Waals surface area contributed by atoms with E-state index in [4.69, 9.17) is 4.74 Å². The molecule has 3 nitrogen and oxygen atoms in total. The summed E-state index contributed by atoms with van der Waals surface area (Å²) in [4.78, 5) is 1.70. The van der Waals surface area contributed by atoms with Gasteiger partial charge in [-0.1, -0.05) is 6.07 Å². The standard InChI is InChI=1S/C12H16F2N2O/c1-15-7-9-8-16(5-6-17-9)12-10(13)3-2-4-11(12)14/h2-4,9,15H,5-8H2,1H3. The maximum atomic E-state index is 13.6. The van der Waals surface area contributed by atoms with Gasteiger partial charge in [0, 0.05) is 19.6 Å². The third-order valence-electron chi connectivity index (χ3n) is 2.82. The van der Waals surface area contributed by atoms with E-state index in [1.54, 1.807) is 4.90 Å². The normalized spacial score (nSPS) is 20.6. The van der Waals surface area contributed by atoms with Gasteiger partial charge in [-0.2, -0.15) is 0 Å². The van der Waals surface area contributed by atoms with Crippen LogP contribution in [0.25, 0.3) is 0 Å². The summed E-state index contributed by atoms with van der Waals surface area (Å²) in [5.74, 6) is -1.04. The summed E-state index contributed by atoms with van der Waals surface area (Å²) in [6, 6.07) is 3.93. The molecule has 1 fully saturated rings. The lowest BCUT2D eigenvalue weighted by Gasteiger charge is -2.34. The molecule has 1 aromatic rings. The second-order valence-corrected chi connectivity index (χ2v) is 4.07. The van der Waals surface area contributed by atoms with Crippen LogP contribution in [-0.4, -0.2) is 39.4 Å². The number of rotatable bonds is 3. The fourth-order valence-corrected chi connectivity index (χ4v) is 2.06. The molecule has 1 aromatic carbocycles. The lowest BCUT2D eigenvalue weighted by Crippen LogP contribution is -2.46. The van der Waals surface area contributed by atoms with E-state index in [-0.39, 0.29) is 11.8 Å². The van der Waals surface area contributed by atoms with Crippen molar-refractivity contribution >= 4 is 5.69 Å². The summed E-state index contributed by atoms with van der Waals surface area (Å²) in [5.41, 5.74) is 0.0527. The molecular formula is C12H16F2N2O. The highest BCUT2D eigenvalue weighted by Gasteiger charge is 2.24. The molecule has 1 atom stereocenters. The Morgan fingerprint density at radius 2 is 2.12 bits per heavy atom. The van der Waals surface area contributed by atoms with Gasteiger partial charge < -0.3 is 15.0 Å². The lowest BCUT2D eigenvalue weighted by molar-refractivity contribution is 0.0417. The van der Waals surface area contributed by atoms with Crippen LogP contribution < -0.4 is 10.2 Å². The molecule has 1 N–H and O–H groups in total. The van der Waals surface area contributed by atoms with Gasteiger partial charge in [-0.15, -0.1) is 0 Å². The van der Waals surface area contributed by atoms with Crippen molar-refractivity contribution in [1.29, 1.82) is 0 Å². The largest absolute Gasteiger partial charge is 0.373 e. The molecule has 0 amide bonds. The minimum atomic E-state index is -0.518. The second-order valence-electron chi connectivity index (χ2n) is 4.07. The number of ether oxygens (including phenoxy) is 1. The second kappa shape index (κ2) is 5.42. The summed E-state index contributed by atoms with van der Waals surface area (Å²) in [6.07, 6.45) is -0.0345. The van der Waals surface area contributed by atoms with E-state index in [9.17, 15) is 8.78 Å². The predicted octanol–water partition coefficient (Wildman–Crippen LogP) is 1.39. The number of likely N-dealkylation sites (N-methyl/N-ethyl adjacent to an activating group) is 1. The molecule has 17 heavy (non-hydrogen) atoms. The van der Waals surface area contributed by atoms with Crippen molar-refractivity contribution in [3.8, 4) is 0 Å². The van der Waals surface area contributed by atoms with Gasteiger partial charge >= 0.3 is 0 Å². The fraction of sp³-hybridized carbons (Fsp3) is 0.500. The van der Waals surface area contributed by atoms with Crippen LogP contribution in [0.2, 0.25) is 0 Å². The first-order valence-electron chi connectivity index (χ1n) is 5.67. The molecule has 0 aliphatic carbocycles. The van der Waals surface area contributed by atoms with Gasteiger partial charge in [-0.05, 0) is 19.2 Å². The Morgan fingerprint density at radius 1 is 1.41 bits per heavy atom. The van der Waals surface area contributed by atoms with E-state index in [0.29, 0.717) is 26.2 Å². The Morgan fingerprint density at radius 3 is 2.76 bits per heavy atom. The molecule has 1 aliphatic heterocycles. The van der Waals surface area contributed by atoms with E-state index >= 15 is 0 Å². The number of halogens is 2. The topological polar surface area (TPSA) is 24.5 Å². The zero-order chi connectivity index (χ0) is 12.3. The van der Waals surface area contributed by atoms with E-state index in [1.165, 1.54) is 18.2 Å². The molecule has 0 aromatic heterocycles. The van der Waals surface area contributed by atoms with Gasteiger partial charge in [-0.25, -0.2) is 8.78 Å². The van der Waals surface area contributed by atoms with Crippen LogP contribution in [0.3, 0.4) is 0 Å². The SMILES string of the molecule is CNCC1CN(c2c(F)cccc2F)CCO1. The quantitative estimate of drug-likeness (QED) is 0.867. The summed E-state index contributed by atoms with van der Waals surface area (Å²) in [5, 5.41) is 3.00. The van der Waals surface area contributed by atoms with Gasteiger partial charge in [-0.3, -0.25) is 0 Å². The average Bonchev–Trinajstić information content (AvgIpc) is 2.30. The highest BCUT2D eigenvalue weighted by molar-refractivity contribution is 5.49. The summed E-state index contributed by atoms with van der Waals surface area (Å²) in [7, 11) is 1.83. The molecule has 0 saturated carbocycles. The number of nitrogens with one attached hydrogen (secondary N) is 1. The number of nitrogens with zero attached hydrogens (tertiary/aromatic N) is 1. The van der Waals surface area contributed by atoms with Gasteiger partial charge in [0.25, 0.3) is 0 Å². The monoisotopic (exact) mass is 242 g/mol. The number of hydrogen-bond acceptors (Lipinski definition) is 3. The maximum Gasteiger partial charge on any atom is 0.149 e. The molecule has 2 rings (SSSR count). The van der Waals surface area contributed by atoms with Crippen molar-refractivity contribution in [1.82, 2.24) is 5.32 Å². The summed E-state index contributed by atoms with van der Waals surface area (Å²) >= 11 is 0. The van der Waals surface area contributed by atoms with Crippen LogP contribution in [0.1, 0.15) is 0 Å². The van der Waals surface area contributed by atoms with Gasteiger partial charge in [0.1, 0.15) is 17.3 Å². The van der Waals surface area contributed by atoms with E-state index in [1.807, 2.05) is 7.05 Å². The third-order valence-corrected chi connectivity index (χ3v) is 2.82. The van der Waals surface area contributed by atoms with E-state index in [0.717, 1.165) is 0 Å². The third kappa shape index (κ3) is 2.73. The molecule has 1 unspecified atom stereocenters. The molecular weight excluding hydrogens is 226 g/mol. The Labute approximate surface area is 99.4 Å². The van der Waals surface area contributed by atoms with Crippen molar-refractivity contribution in [2.45, 2.75) is 6.10 Å². The first-order valence-corrected chi connectivity index (χ1v) is 5.67. The Hall–Kier alpha value is -1.20. The molecule has 5 heteroatoms. The Balaban J connectivity index is 2.16. The molecule has 0 spiro atoms. The Bertz CT molecular complexity index is 365. The highest BCUT2D eigenvalue weighted by Crippen LogP contribution is 2.24. The zero-order valence-corrected chi connectivity index (χ0v) is 9.75. The lowest BCUT2D eigenvalue weighted by atomic mass is 10.2. The smallest absolute Gasteiger partial charge is 0.149 e. The molecule has 0 radical (unpaired) electrons. The van der Waals surface area contributed by atoms with Crippen LogP contribution in [0.15, 0.2) is 18.2 Å². The number of anilines is 1. The van der Waals surface area contributed by atoms with Crippen LogP contribution in [0.4, 0.5) is 14.5 Å². The minimum Gasteiger partial charge on any atom is -0.373 e. The molecule has 1 saturated heterocycles. The number of morpholine rings is 1. The number of para-hydroxylation sites is 1. The average molecular weight is 242 g/mol. The first-order chi connectivity index (χ1) is 8.22. The number of benzene rings is 1. The summed E-state index contributed by atoms with van der Waals surface area (Å²) < 4.78 is 32.7. The Kier molecular flexibility index (Phi) is 3.91. The zero-order valence-electron chi connectivity index (χ0n) is 9.75. The van der Waals surface area contributed by atoms with Crippen molar-refractivity contribution < 1.29 is 13.5 Å². The van der Waals surface area contributed by atoms with Crippen LogP contribution >= 0.6 is 0 Å². The first kappa shape index (κ1) is 12.3. The van der Waals surface area contributed by atoms with Crippen LogP contribution in [0.5, 0.6) is 0 Å². The van der Waals surface area contributed by atoms with Crippen molar-refractivity contribution in [2.75, 3.05) is 38.2 Å². The van der Waals surface area contributed by atoms with E-state index in [2.05, 4.69) is 5.32 Å². The van der Waals surface area contributed by atoms with Crippen molar-refractivity contribution in [3.05, 3.63) is 29.8 Å². The maximum absolute atomic E-state index is 13.6. The predicted molar refractivity (Wildman–Crippen MR) is 62.2 cm³/mol. The van der Waals surface area contributed by atoms with Crippen molar-refractivity contribution in [2.24, 2.45) is 0 Å². The molecule has 94 valence electrons. The molecule has 1 heterocycles. The fourth-order valence-electron chi connectivity index (χ4n) is 2.06. The van der Waals surface area contributed by atoms with E-state index < -0.39 is 11.6 Å².